The van der Waals surface area contributed by atoms with Crippen LogP contribution >= 0.6 is 0 Å². The van der Waals surface area contributed by atoms with Crippen molar-refractivity contribution in [1.82, 2.24) is 10.2 Å². The van der Waals surface area contributed by atoms with Crippen molar-refractivity contribution in [2.24, 2.45) is 11.3 Å². The molecule has 0 unspecified atom stereocenters. The molecule has 0 bridgehead atoms. The molecular formula is C27H42N2O5. The van der Waals surface area contributed by atoms with Gasteiger partial charge in [0.2, 0.25) is 0 Å². The second kappa shape index (κ2) is 12.0. The largest absolute Gasteiger partial charge is 0.466 e. The molecule has 0 radical (unpaired) electrons. The molecule has 1 aromatic carbocycles. The highest BCUT2D eigenvalue weighted by Crippen LogP contribution is 2.43. The maximum Gasteiger partial charge on any atom is 0.412 e. The van der Waals surface area contributed by atoms with Crippen LogP contribution in [0.1, 0.15) is 76.7 Å². The van der Waals surface area contributed by atoms with Crippen LogP contribution in [0.15, 0.2) is 24.3 Å². The number of esters is 1. The average molecular weight is 475 g/mol. The fraction of sp³-hybridized carbons (Fsp3) is 0.704. The second-order valence-corrected chi connectivity index (χ2v) is 10.4. The molecule has 7 nitrogen and oxygen atoms in total. The van der Waals surface area contributed by atoms with E-state index in [0.29, 0.717) is 31.7 Å². The van der Waals surface area contributed by atoms with Crippen molar-refractivity contribution in [3.05, 3.63) is 29.8 Å². The van der Waals surface area contributed by atoms with Crippen LogP contribution in [0.4, 0.5) is 4.79 Å². The summed E-state index contributed by atoms with van der Waals surface area (Å²) in [5.41, 5.74) is -0.401. The standard InChI is InChI=1S/C27H42N2O5/c1-4-33-24(30)18-26(14-7-5-8-15-26)20-28-25(31)34-23-13-10-12-21(17-23)27(32)16-9-6-11-22(27)19-29(2)3/h10,12-13,17,22,32H,4-9,11,14-16,18-20H2,1-3H3,(H,28,31)/t22-,27+/m1/s1. The monoisotopic (exact) mass is 474 g/mol. The Hall–Kier alpha value is -2.12. The first-order valence-corrected chi connectivity index (χ1v) is 12.9. The number of rotatable bonds is 9. The van der Waals surface area contributed by atoms with Crippen molar-refractivity contribution >= 4 is 12.1 Å². The van der Waals surface area contributed by atoms with Crippen molar-refractivity contribution in [1.29, 1.82) is 0 Å². The van der Waals surface area contributed by atoms with Crippen LogP contribution in [0, 0.1) is 11.3 Å². The zero-order valence-electron chi connectivity index (χ0n) is 21.1. The molecule has 2 aliphatic carbocycles. The minimum Gasteiger partial charge on any atom is -0.466 e. The molecule has 2 N–H and O–H groups in total. The molecule has 2 fully saturated rings. The number of ether oxygens (including phenoxy) is 2. The number of nitrogens with zero attached hydrogens (tertiary/aromatic N) is 1. The first kappa shape index (κ1) is 26.5. The van der Waals surface area contributed by atoms with Crippen molar-refractivity contribution in [3.63, 3.8) is 0 Å². The SMILES string of the molecule is CCOC(=O)CC1(CNC(=O)Oc2cccc([C@@]3(O)CCCC[C@@H]3CN(C)C)c2)CCCCC1. The third-order valence-corrected chi connectivity index (χ3v) is 7.51. The maximum atomic E-state index is 12.7. The highest BCUT2D eigenvalue weighted by molar-refractivity contribution is 5.72. The maximum absolute atomic E-state index is 12.7. The van der Waals surface area contributed by atoms with E-state index in [1.807, 2.05) is 33.2 Å². The second-order valence-electron chi connectivity index (χ2n) is 10.4. The molecule has 190 valence electrons. The number of hydrogen-bond acceptors (Lipinski definition) is 6. The Morgan fingerprint density at radius 3 is 2.56 bits per heavy atom. The lowest BCUT2D eigenvalue weighted by atomic mass is 9.71. The fourth-order valence-corrected chi connectivity index (χ4v) is 5.76. The third kappa shape index (κ3) is 6.95. The summed E-state index contributed by atoms with van der Waals surface area (Å²) in [7, 11) is 4.06. The van der Waals surface area contributed by atoms with Gasteiger partial charge in [-0.05, 0) is 69.8 Å². The molecule has 3 rings (SSSR count). The highest BCUT2D eigenvalue weighted by atomic mass is 16.6. The Labute approximate surface area is 204 Å². The Balaban J connectivity index is 1.64. The van der Waals surface area contributed by atoms with E-state index in [1.165, 1.54) is 0 Å². The summed E-state index contributed by atoms with van der Waals surface area (Å²) in [5, 5.41) is 14.5. The van der Waals surface area contributed by atoms with Gasteiger partial charge in [-0.3, -0.25) is 4.79 Å². The molecule has 1 amide bonds. The minimum absolute atomic E-state index is 0.134. The van der Waals surface area contributed by atoms with Gasteiger partial charge in [0, 0.05) is 19.0 Å². The summed E-state index contributed by atoms with van der Waals surface area (Å²) in [6.07, 6.45) is 8.59. The number of amides is 1. The van der Waals surface area contributed by atoms with E-state index in [9.17, 15) is 14.7 Å². The molecule has 0 saturated heterocycles. The van der Waals surface area contributed by atoms with E-state index in [2.05, 4.69) is 10.2 Å². The van der Waals surface area contributed by atoms with Gasteiger partial charge in [-0.25, -0.2) is 4.79 Å². The van der Waals surface area contributed by atoms with Gasteiger partial charge in [-0.2, -0.15) is 0 Å². The average Bonchev–Trinajstić information content (AvgIpc) is 2.80. The van der Waals surface area contributed by atoms with E-state index in [0.717, 1.165) is 63.5 Å². The number of carbonyl (C=O) groups excluding carboxylic acids is 2. The summed E-state index contributed by atoms with van der Waals surface area (Å²) in [6.45, 7) is 3.37. The van der Waals surface area contributed by atoms with Crippen LogP contribution in [0.3, 0.4) is 0 Å². The topological polar surface area (TPSA) is 88.1 Å². The van der Waals surface area contributed by atoms with Crippen LogP contribution in [-0.2, 0) is 15.1 Å². The number of nitrogens with one attached hydrogen (secondary N) is 1. The Morgan fingerprint density at radius 2 is 1.85 bits per heavy atom. The van der Waals surface area contributed by atoms with Crippen molar-refractivity contribution in [2.75, 3.05) is 33.8 Å². The first-order chi connectivity index (χ1) is 16.3. The molecule has 0 aromatic heterocycles. The summed E-state index contributed by atoms with van der Waals surface area (Å²) >= 11 is 0. The normalized spacial score (nSPS) is 24.4. The summed E-state index contributed by atoms with van der Waals surface area (Å²) < 4.78 is 10.8. The third-order valence-electron chi connectivity index (χ3n) is 7.51. The molecule has 7 heteroatoms. The summed E-state index contributed by atoms with van der Waals surface area (Å²) in [5.74, 6) is 0.343. The van der Waals surface area contributed by atoms with Crippen LogP contribution in [0.2, 0.25) is 0 Å². The van der Waals surface area contributed by atoms with E-state index in [-0.39, 0.29) is 17.3 Å². The lowest BCUT2D eigenvalue weighted by molar-refractivity contribution is -0.146. The molecule has 34 heavy (non-hydrogen) atoms. The van der Waals surface area contributed by atoms with Gasteiger partial charge in [0.1, 0.15) is 5.75 Å². The fourth-order valence-electron chi connectivity index (χ4n) is 5.76. The lowest BCUT2D eigenvalue weighted by Crippen LogP contribution is -2.43. The Bertz CT molecular complexity index is 821. The molecule has 0 spiro atoms. The van der Waals surface area contributed by atoms with E-state index in [4.69, 9.17) is 9.47 Å². The number of benzene rings is 1. The number of aliphatic hydroxyl groups is 1. The predicted octanol–water partition coefficient (Wildman–Crippen LogP) is 4.62. The number of hydrogen-bond donors (Lipinski definition) is 2. The van der Waals surface area contributed by atoms with Gasteiger partial charge in [-0.15, -0.1) is 0 Å². The van der Waals surface area contributed by atoms with Gasteiger partial charge in [0.15, 0.2) is 0 Å². The van der Waals surface area contributed by atoms with Crippen LogP contribution < -0.4 is 10.1 Å². The van der Waals surface area contributed by atoms with E-state index < -0.39 is 11.7 Å². The molecule has 2 saturated carbocycles. The Kier molecular flexibility index (Phi) is 9.37. The molecule has 2 aliphatic rings. The van der Waals surface area contributed by atoms with Gasteiger partial charge < -0.3 is 24.8 Å². The molecule has 0 aliphatic heterocycles. The summed E-state index contributed by atoms with van der Waals surface area (Å²) in [6, 6.07) is 7.30. The zero-order valence-corrected chi connectivity index (χ0v) is 21.1. The first-order valence-electron chi connectivity index (χ1n) is 12.9. The van der Waals surface area contributed by atoms with Crippen molar-refractivity contribution < 1.29 is 24.2 Å². The Morgan fingerprint density at radius 1 is 1.12 bits per heavy atom. The van der Waals surface area contributed by atoms with E-state index >= 15 is 0 Å². The minimum atomic E-state index is -0.926. The molecule has 0 heterocycles. The molecular weight excluding hydrogens is 432 g/mol. The molecule has 2 atom stereocenters. The van der Waals surface area contributed by atoms with E-state index in [1.54, 1.807) is 12.1 Å². The number of carbonyl (C=O) groups is 2. The van der Waals surface area contributed by atoms with Gasteiger partial charge >= 0.3 is 12.1 Å². The van der Waals surface area contributed by atoms with Gasteiger partial charge in [0.25, 0.3) is 0 Å². The van der Waals surface area contributed by atoms with Gasteiger partial charge in [-0.1, -0.05) is 44.2 Å². The van der Waals surface area contributed by atoms with Crippen LogP contribution in [0.25, 0.3) is 0 Å². The quantitative estimate of drug-likeness (QED) is 0.508. The van der Waals surface area contributed by atoms with Gasteiger partial charge in [0.05, 0.1) is 18.6 Å². The highest BCUT2D eigenvalue weighted by Gasteiger charge is 2.41. The van der Waals surface area contributed by atoms with Crippen LogP contribution in [0.5, 0.6) is 5.75 Å². The predicted molar refractivity (Wildman–Crippen MR) is 132 cm³/mol. The summed E-state index contributed by atoms with van der Waals surface area (Å²) in [4.78, 5) is 27.0. The van der Waals surface area contributed by atoms with Crippen molar-refractivity contribution in [3.8, 4) is 5.75 Å². The zero-order chi connectivity index (χ0) is 24.6. The van der Waals surface area contributed by atoms with Crippen LogP contribution in [-0.4, -0.2) is 55.9 Å². The molecule has 1 aromatic rings. The smallest absolute Gasteiger partial charge is 0.412 e. The lowest BCUT2D eigenvalue weighted by Gasteiger charge is -2.41. The van der Waals surface area contributed by atoms with Crippen molar-refractivity contribution in [2.45, 2.75) is 76.7 Å².